The van der Waals surface area contributed by atoms with Crippen LogP contribution in [0, 0.1) is 11.3 Å². The third kappa shape index (κ3) is 3.03. The lowest BCUT2D eigenvalue weighted by Crippen LogP contribution is -2.32. The first kappa shape index (κ1) is 14.6. The van der Waals surface area contributed by atoms with Crippen molar-refractivity contribution in [2.24, 2.45) is 0 Å². The normalized spacial score (nSPS) is 10.1. The van der Waals surface area contributed by atoms with Crippen LogP contribution >= 0.6 is 0 Å². The van der Waals surface area contributed by atoms with Crippen LogP contribution in [0.15, 0.2) is 30.3 Å². The molecule has 21 heavy (non-hydrogen) atoms. The standard InChI is InChI=1S/C15H17N5O/c1-2-12-13(17)14(19-18-12)15(21)20(10-6-9-16)11-7-4-3-5-8-11/h3-5,7-8H,2,6,10,17H2,1H3,(H,18,19). The Balaban J connectivity index is 2.34. The van der Waals surface area contributed by atoms with Crippen molar-refractivity contribution < 1.29 is 4.79 Å². The molecule has 0 aliphatic carbocycles. The molecule has 6 nitrogen and oxygen atoms in total. The van der Waals surface area contributed by atoms with Crippen molar-refractivity contribution in [3.8, 4) is 6.07 Å². The number of H-pyrrole nitrogens is 1. The van der Waals surface area contributed by atoms with Gasteiger partial charge in [0.1, 0.15) is 0 Å². The number of aromatic amines is 1. The molecule has 1 amide bonds. The van der Waals surface area contributed by atoms with E-state index in [1.54, 1.807) is 0 Å². The van der Waals surface area contributed by atoms with Crippen LogP contribution < -0.4 is 10.6 Å². The van der Waals surface area contributed by atoms with E-state index in [-0.39, 0.29) is 18.0 Å². The molecule has 0 saturated carbocycles. The van der Waals surface area contributed by atoms with Crippen molar-refractivity contribution in [2.75, 3.05) is 17.2 Å². The van der Waals surface area contributed by atoms with Crippen molar-refractivity contribution in [2.45, 2.75) is 19.8 Å². The van der Waals surface area contributed by atoms with Crippen LogP contribution in [0.1, 0.15) is 29.5 Å². The fourth-order valence-corrected chi connectivity index (χ4v) is 2.06. The van der Waals surface area contributed by atoms with Gasteiger partial charge in [0.15, 0.2) is 5.69 Å². The van der Waals surface area contributed by atoms with Crippen LogP contribution in [0.4, 0.5) is 11.4 Å². The summed E-state index contributed by atoms with van der Waals surface area (Å²) in [7, 11) is 0. The smallest absolute Gasteiger partial charge is 0.280 e. The number of aromatic nitrogens is 2. The van der Waals surface area contributed by atoms with Gasteiger partial charge in [-0.3, -0.25) is 9.89 Å². The second kappa shape index (κ2) is 6.57. The van der Waals surface area contributed by atoms with E-state index >= 15 is 0 Å². The summed E-state index contributed by atoms with van der Waals surface area (Å²) >= 11 is 0. The fourth-order valence-electron chi connectivity index (χ4n) is 2.06. The zero-order valence-electron chi connectivity index (χ0n) is 11.8. The number of nitrogen functional groups attached to an aromatic ring is 1. The number of rotatable bonds is 5. The average Bonchev–Trinajstić information content (AvgIpc) is 2.89. The van der Waals surface area contributed by atoms with Crippen molar-refractivity contribution in [1.82, 2.24) is 10.2 Å². The maximum atomic E-state index is 12.7. The highest BCUT2D eigenvalue weighted by Gasteiger charge is 2.23. The summed E-state index contributed by atoms with van der Waals surface area (Å²) in [6.07, 6.45) is 0.918. The Hall–Kier alpha value is -2.81. The van der Waals surface area contributed by atoms with Crippen molar-refractivity contribution in [3.05, 3.63) is 41.7 Å². The number of anilines is 2. The number of benzene rings is 1. The first-order valence-corrected chi connectivity index (χ1v) is 6.75. The van der Waals surface area contributed by atoms with Gasteiger partial charge in [-0.15, -0.1) is 0 Å². The lowest BCUT2D eigenvalue weighted by Gasteiger charge is -2.21. The molecule has 3 N–H and O–H groups in total. The number of nitrogens with one attached hydrogen (secondary N) is 1. The molecule has 0 aliphatic rings. The molecule has 1 aromatic carbocycles. The van der Waals surface area contributed by atoms with E-state index in [4.69, 9.17) is 11.0 Å². The average molecular weight is 283 g/mol. The van der Waals surface area contributed by atoms with Crippen molar-refractivity contribution in [3.63, 3.8) is 0 Å². The van der Waals surface area contributed by atoms with E-state index in [9.17, 15) is 4.79 Å². The summed E-state index contributed by atoms with van der Waals surface area (Å²) in [4.78, 5) is 14.2. The molecule has 6 heteroatoms. The van der Waals surface area contributed by atoms with Gasteiger partial charge in [-0.2, -0.15) is 10.4 Å². The summed E-state index contributed by atoms with van der Waals surface area (Å²) in [6.45, 7) is 2.23. The molecule has 0 unspecified atom stereocenters. The minimum atomic E-state index is -0.301. The minimum Gasteiger partial charge on any atom is -0.395 e. The molecule has 1 aromatic heterocycles. The predicted molar refractivity (Wildman–Crippen MR) is 80.7 cm³/mol. The SMILES string of the molecule is CCc1[nH]nc(C(=O)N(CCC#N)c2ccccc2)c1N. The van der Waals surface area contributed by atoms with Gasteiger partial charge >= 0.3 is 0 Å². The van der Waals surface area contributed by atoms with Gasteiger partial charge in [0.2, 0.25) is 0 Å². The van der Waals surface area contributed by atoms with E-state index in [2.05, 4.69) is 16.3 Å². The quantitative estimate of drug-likeness (QED) is 0.877. The van der Waals surface area contributed by atoms with Crippen LogP contribution in [0.2, 0.25) is 0 Å². The molecule has 1 heterocycles. The maximum absolute atomic E-state index is 12.7. The zero-order chi connectivity index (χ0) is 15.2. The lowest BCUT2D eigenvalue weighted by atomic mass is 10.2. The molecule has 2 rings (SSSR count). The Bertz CT molecular complexity index is 656. The van der Waals surface area contributed by atoms with Crippen molar-refractivity contribution >= 4 is 17.3 Å². The first-order chi connectivity index (χ1) is 10.2. The Labute approximate surface area is 123 Å². The Morgan fingerprint density at radius 2 is 2.14 bits per heavy atom. The molecule has 0 bridgehead atoms. The molecular weight excluding hydrogens is 266 g/mol. The Morgan fingerprint density at radius 1 is 1.43 bits per heavy atom. The first-order valence-electron chi connectivity index (χ1n) is 6.75. The van der Waals surface area contributed by atoms with E-state index < -0.39 is 0 Å². The molecule has 108 valence electrons. The summed E-state index contributed by atoms with van der Waals surface area (Å²) in [6, 6.07) is 11.2. The highest BCUT2D eigenvalue weighted by atomic mass is 16.2. The number of hydrogen-bond acceptors (Lipinski definition) is 4. The maximum Gasteiger partial charge on any atom is 0.280 e. The number of hydrogen-bond donors (Lipinski definition) is 2. The number of nitriles is 1. The number of carbonyl (C=O) groups is 1. The Kier molecular flexibility index (Phi) is 4.57. The van der Waals surface area contributed by atoms with Crippen LogP contribution in [-0.4, -0.2) is 22.6 Å². The van der Waals surface area contributed by atoms with E-state index in [1.165, 1.54) is 4.90 Å². The summed E-state index contributed by atoms with van der Waals surface area (Å²) in [5, 5.41) is 15.6. The number of nitrogens with zero attached hydrogens (tertiary/aromatic N) is 3. The number of amides is 1. The second-order valence-electron chi connectivity index (χ2n) is 4.52. The van der Waals surface area contributed by atoms with Gasteiger partial charge in [0.05, 0.1) is 23.9 Å². The molecule has 0 atom stereocenters. The van der Waals surface area contributed by atoms with Crippen LogP contribution in [0.3, 0.4) is 0 Å². The predicted octanol–water partition coefficient (Wildman–Crippen LogP) is 2.11. The Morgan fingerprint density at radius 3 is 2.71 bits per heavy atom. The summed E-state index contributed by atoms with van der Waals surface area (Å²) in [5.41, 5.74) is 7.99. The highest BCUT2D eigenvalue weighted by molar-refractivity contribution is 6.08. The fraction of sp³-hybridized carbons (Fsp3) is 0.267. The van der Waals surface area contributed by atoms with E-state index in [1.807, 2.05) is 37.3 Å². The van der Waals surface area contributed by atoms with Crippen LogP contribution in [0.25, 0.3) is 0 Å². The largest absolute Gasteiger partial charge is 0.395 e. The number of aryl methyl sites for hydroxylation is 1. The molecule has 0 fully saturated rings. The van der Waals surface area contributed by atoms with Gasteiger partial charge in [-0.1, -0.05) is 25.1 Å². The molecule has 0 aliphatic heterocycles. The van der Waals surface area contributed by atoms with Gasteiger partial charge in [-0.25, -0.2) is 0 Å². The molecule has 0 spiro atoms. The topological polar surface area (TPSA) is 98.8 Å². The van der Waals surface area contributed by atoms with Gasteiger partial charge in [0.25, 0.3) is 5.91 Å². The van der Waals surface area contributed by atoms with Gasteiger partial charge in [0, 0.05) is 12.2 Å². The van der Waals surface area contributed by atoms with E-state index in [0.717, 1.165) is 11.4 Å². The second-order valence-corrected chi connectivity index (χ2v) is 4.52. The lowest BCUT2D eigenvalue weighted by molar-refractivity contribution is 0.0983. The highest BCUT2D eigenvalue weighted by Crippen LogP contribution is 2.21. The third-order valence-electron chi connectivity index (χ3n) is 3.20. The molecule has 2 aromatic rings. The monoisotopic (exact) mass is 283 g/mol. The molecular formula is C15H17N5O. The number of para-hydroxylation sites is 1. The van der Waals surface area contributed by atoms with Gasteiger partial charge < -0.3 is 10.6 Å². The van der Waals surface area contributed by atoms with Crippen LogP contribution in [-0.2, 0) is 6.42 Å². The summed E-state index contributed by atoms with van der Waals surface area (Å²) in [5.74, 6) is -0.301. The summed E-state index contributed by atoms with van der Waals surface area (Å²) < 4.78 is 0. The van der Waals surface area contributed by atoms with Crippen LogP contribution in [0.5, 0.6) is 0 Å². The molecule has 0 saturated heterocycles. The van der Waals surface area contributed by atoms with Crippen molar-refractivity contribution in [1.29, 1.82) is 5.26 Å². The van der Waals surface area contributed by atoms with Gasteiger partial charge in [-0.05, 0) is 18.6 Å². The zero-order valence-corrected chi connectivity index (χ0v) is 11.8. The number of carbonyl (C=O) groups excluding carboxylic acids is 1. The molecule has 0 radical (unpaired) electrons. The third-order valence-corrected chi connectivity index (χ3v) is 3.20. The number of nitrogens with two attached hydrogens (primary N) is 1. The minimum absolute atomic E-state index is 0.202. The van der Waals surface area contributed by atoms with E-state index in [0.29, 0.717) is 18.7 Å².